The second-order valence-corrected chi connectivity index (χ2v) is 8.08. The molecule has 0 unspecified atom stereocenters. The van der Waals surface area contributed by atoms with E-state index in [-0.39, 0.29) is 17.4 Å². The minimum absolute atomic E-state index is 0.0228. The Morgan fingerprint density at radius 3 is 2.39 bits per heavy atom. The number of sulfonamides is 1. The zero-order valence-electron chi connectivity index (χ0n) is 15.3. The molecule has 9 heteroatoms. The maximum atomic E-state index is 12.3. The second kappa shape index (κ2) is 8.41. The Hall–Kier alpha value is -2.91. The number of benzene rings is 2. The highest BCUT2D eigenvalue weighted by atomic mass is 32.2. The zero-order chi connectivity index (χ0) is 20.1. The third kappa shape index (κ3) is 4.87. The molecule has 1 heterocycles. The molecule has 2 aromatic rings. The summed E-state index contributed by atoms with van der Waals surface area (Å²) in [4.78, 5) is 27.2. The van der Waals surface area contributed by atoms with Crippen LogP contribution in [0.3, 0.4) is 0 Å². The van der Waals surface area contributed by atoms with Gasteiger partial charge in [0.1, 0.15) is 5.75 Å². The molecule has 2 N–H and O–H groups in total. The molecule has 1 aliphatic rings. The fourth-order valence-corrected chi connectivity index (χ4v) is 3.59. The summed E-state index contributed by atoms with van der Waals surface area (Å²) in [7, 11) is -3.94. The van der Waals surface area contributed by atoms with Crippen molar-refractivity contribution in [1.82, 2.24) is 10.3 Å². The number of carbonyl (C=O) groups is 2. The van der Waals surface area contributed by atoms with Crippen molar-refractivity contribution in [1.29, 1.82) is 0 Å². The molecule has 1 fully saturated rings. The van der Waals surface area contributed by atoms with Crippen LogP contribution in [0.5, 0.6) is 5.75 Å². The van der Waals surface area contributed by atoms with Gasteiger partial charge in [-0.2, -0.15) is 0 Å². The molecule has 1 saturated heterocycles. The summed E-state index contributed by atoms with van der Waals surface area (Å²) >= 11 is 0. The predicted molar refractivity (Wildman–Crippen MR) is 103 cm³/mol. The molecule has 8 nitrogen and oxygen atoms in total. The number of hydrogen-bond donors (Lipinski definition) is 2. The standard InChI is InChI=1S/C19H21N3O5S/c1-14-4-8-16(9-5-14)27-13-18(23)20-21-28(25,26)17-10-6-15(7-11-17)22-12-2-3-19(22)24/h4-11,21H,2-3,12-13H2,1H3,(H,20,23). The lowest BCUT2D eigenvalue weighted by Crippen LogP contribution is -2.43. The van der Waals surface area contributed by atoms with E-state index in [4.69, 9.17) is 4.74 Å². The Bertz CT molecular complexity index is 956. The van der Waals surface area contributed by atoms with E-state index in [0.29, 0.717) is 24.4 Å². The fraction of sp³-hybridized carbons (Fsp3) is 0.263. The molecule has 3 rings (SSSR count). The van der Waals surface area contributed by atoms with Crippen molar-refractivity contribution in [3.63, 3.8) is 0 Å². The number of nitrogens with one attached hydrogen (secondary N) is 2. The Morgan fingerprint density at radius 2 is 1.79 bits per heavy atom. The van der Waals surface area contributed by atoms with Gasteiger partial charge in [-0.3, -0.25) is 15.0 Å². The Kier molecular flexibility index (Phi) is 5.96. The number of hydrogen-bond acceptors (Lipinski definition) is 5. The van der Waals surface area contributed by atoms with Crippen LogP contribution in [0.25, 0.3) is 0 Å². The molecular weight excluding hydrogens is 382 g/mol. The lowest BCUT2D eigenvalue weighted by molar-refractivity contribution is -0.123. The average molecular weight is 403 g/mol. The molecule has 1 aliphatic heterocycles. The molecule has 0 aromatic heterocycles. The molecule has 2 aromatic carbocycles. The number of carbonyl (C=O) groups excluding carboxylic acids is 2. The first-order valence-corrected chi connectivity index (χ1v) is 10.2. The largest absolute Gasteiger partial charge is 0.484 e. The highest BCUT2D eigenvalue weighted by Crippen LogP contribution is 2.22. The van der Waals surface area contributed by atoms with E-state index in [1.165, 1.54) is 12.1 Å². The van der Waals surface area contributed by atoms with Gasteiger partial charge in [-0.25, -0.2) is 8.42 Å². The third-order valence-electron chi connectivity index (χ3n) is 4.25. The number of amides is 2. The van der Waals surface area contributed by atoms with Crippen LogP contribution in [0, 0.1) is 6.92 Å². The smallest absolute Gasteiger partial charge is 0.272 e. The zero-order valence-corrected chi connectivity index (χ0v) is 16.2. The SMILES string of the molecule is Cc1ccc(OCC(=O)NNS(=O)(=O)c2ccc(N3CCCC3=O)cc2)cc1. The van der Waals surface area contributed by atoms with Gasteiger partial charge in [0, 0.05) is 18.7 Å². The van der Waals surface area contributed by atoms with E-state index in [0.717, 1.165) is 12.0 Å². The summed E-state index contributed by atoms with van der Waals surface area (Å²) in [6, 6.07) is 13.0. The van der Waals surface area contributed by atoms with Crippen LogP contribution >= 0.6 is 0 Å². The van der Waals surface area contributed by atoms with E-state index >= 15 is 0 Å². The van der Waals surface area contributed by atoms with Crippen LogP contribution in [-0.4, -0.2) is 33.4 Å². The number of aryl methyl sites for hydroxylation is 1. The van der Waals surface area contributed by atoms with Crippen molar-refractivity contribution >= 4 is 27.5 Å². The number of nitrogens with zero attached hydrogens (tertiary/aromatic N) is 1. The fourth-order valence-electron chi connectivity index (χ4n) is 2.73. The first-order chi connectivity index (χ1) is 13.3. The Balaban J connectivity index is 1.53. The molecular formula is C19H21N3O5S. The minimum atomic E-state index is -3.94. The summed E-state index contributed by atoms with van der Waals surface area (Å²) in [5, 5.41) is 0. The third-order valence-corrected chi connectivity index (χ3v) is 5.51. The molecule has 0 spiro atoms. The maximum Gasteiger partial charge on any atom is 0.272 e. The Labute approximate surface area is 163 Å². The van der Waals surface area contributed by atoms with Crippen LogP contribution < -0.4 is 19.9 Å². The molecule has 0 atom stereocenters. The molecule has 0 bridgehead atoms. The van der Waals surface area contributed by atoms with Crippen LogP contribution in [0.4, 0.5) is 5.69 Å². The van der Waals surface area contributed by atoms with Crippen LogP contribution in [0.1, 0.15) is 18.4 Å². The van der Waals surface area contributed by atoms with Crippen LogP contribution in [0.2, 0.25) is 0 Å². The molecule has 2 amide bonds. The van der Waals surface area contributed by atoms with Gasteiger partial charge in [-0.15, -0.1) is 4.83 Å². The van der Waals surface area contributed by atoms with Crippen molar-refractivity contribution in [2.75, 3.05) is 18.1 Å². The van der Waals surface area contributed by atoms with E-state index in [2.05, 4.69) is 5.43 Å². The maximum absolute atomic E-state index is 12.3. The summed E-state index contributed by atoms with van der Waals surface area (Å²) in [5.41, 5.74) is 3.82. The number of rotatable bonds is 7. The van der Waals surface area contributed by atoms with Gasteiger partial charge in [0.2, 0.25) is 5.91 Å². The first-order valence-electron chi connectivity index (χ1n) is 8.76. The highest BCUT2D eigenvalue weighted by molar-refractivity contribution is 7.89. The first kappa shape index (κ1) is 19.8. The highest BCUT2D eigenvalue weighted by Gasteiger charge is 2.22. The lowest BCUT2D eigenvalue weighted by Gasteiger charge is -2.16. The topological polar surface area (TPSA) is 105 Å². The van der Waals surface area contributed by atoms with E-state index in [1.807, 2.05) is 23.9 Å². The molecule has 148 valence electrons. The number of ether oxygens (including phenoxy) is 1. The van der Waals surface area contributed by atoms with Crippen molar-refractivity contribution in [3.8, 4) is 5.75 Å². The van der Waals surface area contributed by atoms with Gasteiger partial charge in [0.25, 0.3) is 15.9 Å². The minimum Gasteiger partial charge on any atom is -0.484 e. The van der Waals surface area contributed by atoms with Gasteiger partial charge in [-0.1, -0.05) is 17.7 Å². The van der Waals surface area contributed by atoms with Gasteiger partial charge in [-0.05, 0) is 49.7 Å². The summed E-state index contributed by atoms with van der Waals surface area (Å²) in [6.07, 6.45) is 1.29. The van der Waals surface area contributed by atoms with Crippen molar-refractivity contribution < 1.29 is 22.7 Å². The predicted octanol–water partition coefficient (Wildman–Crippen LogP) is 1.51. The quantitative estimate of drug-likeness (QED) is 0.682. The van der Waals surface area contributed by atoms with Gasteiger partial charge < -0.3 is 9.64 Å². The molecule has 0 radical (unpaired) electrons. The Morgan fingerprint density at radius 1 is 1.11 bits per heavy atom. The lowest BCUT2D eigenvalue weighted by atomic mass is 10.2. The second-order valence-electron chi connectivity index (χ2n) is 6.40. The van der Waals surface area contributed by atoms with Crippen molar-refractivity contribution in [2.24, 2.45) is 0 Å². The average Bonchev–Trinajstić information content (AvgIpc) is 3.12. The monoisotopic (exact) mass is 403 g/mol. The van der Waals surface area contributed by atoms with Crippen LogP contribution in [0.15, 0.2) is 53.4 Å². The van der Waals surface area contributed by atoms with E-state index in [1.54, 1.807) is 29.2 Å². The van der Waals surface area contributed by atoms with Crippen molar-refractivity contribution in [3.05, 3.63) is 54.1 Å². The van der Waals surface area contributed by atoms with E-state index in [9.17, 15) is 18.0 Å². The summed E-state index contributed by atoms with van der Waals surface area (Å²) in [5.74, 6) is -0.103. The molecule has 0 saturated carbocycles. The van der Waals surface area contributed by atoms with Gasteiger partial charge >= 0.3 is 0 Å². The molecule has 28 heavy (non-hydrogen) atoms. The van der Waals surface area contributed by atoms with Crippen molar-refractivity contribution in [2.45, 2.75) is 24.7 Å². The van der Waals surface area contributed by atoms with Crippen LogP contribution in [-0.2, 0) is 19.6 Å². The van der Waals surface area contributed by atoms with E-state index < -0.39 is 15.9 Å². The molecule has 0 aliphatic carbocycles. The normalized spacial score (nSPS) is 14.2. The van der Waals surface area contributed by atoms with Gasteiger partial charge in [0.05, 0.1) is 4.90 Å². The summed E-state index contributed by atoms with van der Waals surface area (Å²) in [6.45, 7) is 2.22. The number of hydrazine groups is 1. The number of anilines is 1. The van der Waals surface area contributed by atoms with Gasteiger partial charge in [0.15, 0.2) is 6.61 Å². The summed E-state index contributed by atoms with van der Waals surface area (Å²) < 4.78 is 29.9.